The fourth-order valence-electron chi connectivity index (χ4n) is 2.26. The molecule has 0 bridgehead atoms. The van der Waals surface area contributed by atoms with Crippen LogP contribution in [0.15, 0.2) is 0 Å². The molecule has 1 rings (SSSR count). The number of hydrogen-bond donors (Lipinski definition) is 0. The summed E-state index contributed by atoms with van der Waals surface area (Å²) >= 11 is 0. The van der Waals surface area contributed by atoms with Gasteiger partial charge < -0.3 is 4.90 Å². The Morgan fingerprint density at radius 3 is 2.67 bits per heavy atom. The van der Waals surface area contributed by atoms with E-state index in [0.717, 1.165) is 11.8 Å². The molecule has 1 nitrogen and oxygen atoms in total. The highest BCUT2D eigenvalue weighted by Gasteiger charge is 2.23. The largest absolute Gasteiger partial charge is 0.303 e. The normalized spacial score (nSPS) is 32.2. The summed E-state index contributed by atoms with van der Waals surface area (Å²) in [6.07, 6.45) is 4.20. The average molecular weight is 169 g/mol. The first-order valence-corrected chi connectivity index (χ1v) is 5.50. The van der Waals surface area contributed by atoms with Crippen LogP contribution in [0.1, 0.15) is 40.0 Å². The zero-order valence-corrected chi connectivity index (χ0v) is 8.84. The Morgan fingerprint density at radius 1 is 1.33 bits per heavy atom. The predicted molar refractivity (Wildman–Crippen MR) is 54.3 cm³/mol. The highest BCUT2D eigenvalue weighted by Crippen LogP contribution is 2.26. The molecule has 0 N–H and O–H groups in total. The average Bonchev–Trinajstić information content (AvgIpc) is 2.09. The van der Waals surface area contributed by atoms with E-state index in [1.165, 1.54) is 38.9 Å². The van der Waals surface area contributed by atoms with Gasteiger partial charge in [0, 0.05) is 6.54 Å². The summed E-state index contributed by atoms with van der Waals surface area (Å²) in [6, 6.07) is 0. The fourth-order valence-corrected chi connectivity index (χ4v) is 2.26. The molecule has 0 saturated carbocycles. The third-order valence-electron chi connectivity index (χ3n) is 3.30. The summed E-state index contributed by atoms with van der Waals surface area (Å²) in [4.78, 5) is 2.60. The molecule has 1 heteroatoms. The molecular formula is C11H23N. The van der Waals surface area contributed by atoms with Crippen molar-refractivity contribution in [2.45, 2.75) is 40.0 Å². The molecule has 0 spiro atoms. The summed E-state index contributed by atoms with van der Waals surface area (Å²) in [7, 11) is 0. The molecule has 12 heavy (non-hydrogen) atoms. The smallest absolute Gasteiger partial charge is 0.00121 e. The van der Waals surface area contributed by atoms with Gasteiger partial charge in [-0.1, -0.05) is 27.2 Å². The second kappa shape index (κ2) is 4.86. The van der Waals surface area contributed by atoms with E-state index in [9.17, 15) is 0 Å². The Balaban J connectivity index is 2.36. The summed E-state index contributed by atoms with van der Waals surface area (Å²) in [5.41, 5.74) is 0. The van der Waals surface area contributed by atoms with Crippen LogP contribution in [0.25, 0.3) is 0 Å². The van der Waals surface area contributed by atoms with Crippen molar-refractivity contribution >= 4 is 0 Å². The minimum atomic E-state index is 0.966. The Hall–Kier alpha value is -0.0400. The number of hydrogen-bond acceptors (Lipinski definition) is 1. The lowest BCUT2D eigenvalue weighted by molar-refractivity contribution is 0.127. The van der Waals surface area contributed by atoms with Gasteiger partial charge in [-0.05, 0) is 37.8 Å². The summed E-state index contributed by atoms with van der Waals surface area (Å²) in [5.74, 6) is 1.94. The summed E-state index contributed by atoms with van der Waals surface area (Å²) in [5, 5.41) is 0. The molecule has 0 amide bonds. The van der Waals surface area contributed by atoms with E-state index < -0.39 is 0 Å². The molecule has 0 aromatic carbocycles. The van der Waals surface area contributed by atoms with E-state index in [-0.39, 0.29) is 0 Å². The van der Waals surface area contributed by atoms with Crippen LogP contribution in [0.5, 0.6) is 0 Å². The van der Waals surface area contributed by atoms with Gasteiger partial charge in [0.05, 0.1) is 0 Å². The van der Waals surface area contributed by atoms with Crippen molar-refractivity contribution < 1.29 is 0 Å². The van der Waals surface area contributed by atoms with Crippen LogP contribution < -0.4 is 0 Å². The first kappa shape index (κ1) is 10.0. The second-order valence-electron chi connectivity index (χ2n) is 4.21. The third-order valence-corrected chi connectivity index (χ3v) is 3.30. The minimum Gasteiger partial charge on any atom is -0.303 e. The van der Waals surface area contributed by atoms with Gasteiger partial charge in [-0.3, -0.25) is 0 Å². The van der Waals surface area contributed by atoms with Gasteiger partial charge in [0.15, 0.2) is 0 Å². The first-order valence-electron chi connectivity index (χ1n) is 5.50. The van der Waals surface area contributed by atoms with Crippen LogP contribution in [-0.2, 0) is 0 Å². The Kier molecular flexibility index (Phi) is 4.07. The molecule has 1 aliphatic heterocycles. The van der Waals surface area contributed by atoms with E-state index in [1.807, 2.05) is 0 Å². The summed E-state index contributed by atoms with van der Waals surface area (Å²) < 4.78 is 0. The lowest BCUT2D eigenvalue weighted by Gasteiger charge is -2.36. The molecule has 1 saturated heterocycles. The van der Waals surface area contributed by atoms with Gasteiger partial charge in [0.1, 0.15) is 0 Å². The van der Waals surface area contributed by atoms with Gasteiger partial charge in [-0.25, -0.2) is 0 Å². The molecule has 1 fully saturated rings. The maximum atomic E-state index is 2.60. The molecule has 72 valence electrons. The number of piperidine rings is 1. The van der Waals surface area contributed by atoms with Crippen LogP contribution in [0.4, 0.5) is 0 Å². The van der Waals surface area contributed by atoms with E-state index in [1.54, 1.807) is 0 Å². The van der Waals surface area contributed by atoms with Crippen molar-refractivity contribution in [1.82, 2.24) is 4.90 Å². The van der Waals surface area contributed by atoms with Crippen molar-refractivity contribution in [3.8, 4) is 0 Å². The van der Waals surface area contributed by atoms with Crippen LogP contribution in [-0.4, -0.2) is 24.5 Å². The number of likely N-dealkylation sites (tertiary alicyclic amines) is 1. The lowest BCUT2D eigenvalue weighted by Crippen LogP contribution is -2.39. The molecule has 2 atom stereocenters. The van der Waals surface area contributed by atoms with Crippen molar-refractivity contribution in [1.29, 1.82) is 0 Å². The van der Waals surface area contributed by atoms with E-state index in [4.69, 9.17) is 0 Å². The molecule has 0 radical (unpaired) electrons. The van der Waals surface area contributed by atoms with Gasteiger partial charge in [0.2, 0.25) is 0 Å². The topological polar surface area (TPSA) is 3.24 Å². The zero-order chi connectivity index (χ0) is 8.97. The number of rotatable bonds is 3. The van der Waals surface area contributed by atoms with Gasteiger partial charge in [-0.2, -0.15) is 0 Å². The Bertz CT molecular complexity index is 122. The van der Waals surface area contributed by atoms with Crippen molar-refractivity contribution in [2.24, 2.45) is 11.8 Å². The monoisotopic (exact) mass is 169 g/mol. The molecule has 1 heterocycles. The molecule has 2 unspecified atom stereocenters. The molecular weight excluding hydrogens is 146 g/mol. The van der Waals surface area contributed by atoms with Gasteiger partial charge in [0.25, 0.3) is 0 Å². The first-order chi connectivity index (χ1) is 5.77. The van der Waals surface area contributed by atoms with Crippen molar-refractivity contribution in [3.63, 3.8) is 0 Å². The molecule has 0 aromatic heterocycles. The quantitative estimate of drug-likeness (QED) is 0.628. The second-order valence-corrected chi connectivity index (χ2v) is 4.21. The van der Waals surface area contributed by atoms with E-state index in [2.05, 4.69) is 25.7 Å². The van der Waals surface area contributed by atoms with Gasteiger partial charge in [-0.15, -0.1) is 0 Å². The highest BCUT2D eigenvalue weighted by molar-refractivity contribution is 4.76. The van der Waals surface area contributed by atoms with E-state index in [0.29, 0.717) is 0 Å². The lowest BCUT2D eigenvalue weighted by atomic mass is 9.84. The molecule has 0 aliphatic carbocycles. The maximum Gasteiger partial charge on any atom is 0.00121 e. The van der Waals surface area contributed by atoms with Crippen LogP contribution in [0.2, 0.25) is 0 Å². The van der Waals surface area contributed by atoms with Crippen LogP contribution in [0.3, 0.4) is 0 Å². The summed E-state index contributed by atoms with van der Waals surface area (Å²) in [6.45, 7) is 10.9. The van der Waals surface area contributed by atoms with Crippen LogP contribution in [0, 0.1) is 11.8 Å². The maximum absolute atomic E-state index is 2.60. The SMILES string of the molecule is CCCC1CN(CC)CCC1C. The fraction of sp³-hybridized carbons (Fsp3) is 1.00. The number of nitrogens with zero attached hydrogens (tertiary/aromatic N) is 1. The van der Waals surface area contributed by atoms with Crippen molar-refractivity contribution in [2.75, 3.05) is 19.6 Å². The van der Waals surface area contributed by atoms with E-state index >= 15 is 0 Å². The Labute approximate surface area is 77.1 Å². The predicted octanol–water partition coefficient (Wildman–Crippen LogP) is 2.76. The third kappa shape index (κ3) is 2.48. The standard InChI is InChI=1S/C11H23N/c1-4-6-11-9-12(5-2)8-7-10(11)3/h10-11H,4-9H2,1-3H3. The zero-order valence-electron chi connectivity index (χ0n) is 8.84. The molecule has 1 aliphatic rings. The van der Waals surface area contributed by atoms with Crippen LogP contribution >= 0.6 is 0 Å². The van der Waals surface area contributed by atoms with Crippen molar-refractivity contribution in [3.05, 3.63) is 0 Å². The Morgan fingerprint density at radius 2 is 2.08 bits per heavy atom. The highest BCUT2D eigenvalue weighted by atomic mass is 15.1. The van der Waals surface area contributed by atoms with Gasteiger partial charge >= 0.3 is 0 Å². The molecule has 0 aromatic rings. The minimum absolute atomic E-state index is 0.966.